The lowest BCUT2D eigenvalue weighted by Crippen LogP contribution is -2.12. The van der Waals surface area contributed by atoms with E-state index in [9.17, 15) is 4.79 Å². The van der Waals surface area contributed by atoms with Gasteiger partial charge in [-0.1, -0.05) is 56.4 Å². The first-order chi connectivity index (χ1) is 12.4. The van der Waals surface area contributed by atoms with E-state index in [4.69, 9.17) is 0 Å². The molecule has 26 heavy (non-hydrogen) atoms. The van der Waals surface area contributed by atoms with E-state index in [0.29, 0.717) is 17.2 Å². The third kappa shape index (κ3) is 4.64. The van der Waals surface area contributed by atoms with Crippen LogP contribution in [0.3, 0.4) is 0 Å². The van der Waals surface area contributed by atoms with Crippen molar-refractivity contribution in [1.29, 1.82) is 0 Å². The first-order valence-corrected chi connectivity index (χ1v) is 9.17. The lowest BCUT2D eigenvalue weighted by atomic mass is 9.87. The summed E-state index contributed by atoms with van der Waals surface area (Å²) >= 11 is 1.27. The molecule has 0 saturated heterocycles. The summed E-state index contributed by atoms with van der Waals surface area (Å²) in [5.41, 5.74) is 4.68. The molecule has 0 aliphatic rings. The molecule has 6 nitrogen and oxygen atoms in total. The molecular formula is C19H21N5OS. The molecule has 134 valence electrons. The lowest BCUT2D eigenvalue weighted by molar-refractivity contribution is 0.102. The molecule has 0 bridgehead atoms. The number of benzene rings is 1. The van der Waals surface area contributed by atoms with Gasteiger partial charge in [0.25, 0.3) is 5.91 Å². The maximum atomic E-state index is 12.1. The van der Waals surface area contributed by atoms with E-state index < -0.39 is 0 Å². The maximum Gasteiger partial charge on any atom is 0.259 e. The zero-order chi connectivity index (χ0) is 18.6. The zero-order valence-corrected chi connectivity index (χ0v) is 15.8. The fourth-order valence-corrected chi connectivity index (χ4v) is 2.78. The van der Waals surface area contributed by atoms with Gasteiger partial charge in [-0.05, 0) is 28.7 Å². The highest BCUT2D eigenvalue weighted by Gasteiger charge is 2.13. The maximum absolute atomic E-state index is 12.1. The van der Waals surface area contributed by atoms with Gasteiger partial charge in [0.15, 0.2) is 0 Å². The highest BCUT2D eigenvalue weighted by Crippen LogP contribution is 2.22. The predicted octanol–water partition coefficient (Wildman–Crippen LogP) is 4.10. The van der Waals surface area contributed by atoms with Gasteiger partial charge in [-0.2, -0.15) is 0 Å². The van der Waals surface area contributed by atoms with Gasteiger partial charge in [0, 0.05) is 12.7 Å². The van der Waals surface area contributed by atoms with Crippen molar-refractivity contribution in [2.45, 2.75) is 32.7 Å². The van der Waals surface area contributed by atoms with Crippen LogP contribution in [-0.2, 0) is 12.0 Å². The number of aromatic nitrogens is 3. The van der Waals surface area contributed by atoms with Crippen LogP contribution in [0, 0.1) is 0 Å². The summed E-state index contributed by atoms with van der Waals surface area (Å²) in [6, 6.07) is 12.1. The van der Waals surface area contributed by atoms with E-state index in [1.165, 1.54) is 22.5 Å². The molecule has 0 radical (unpaired) electrons. The van der Waals surface area contributed by atoms with Crippen molar-refractivity contribution in [2.75, 3.05) is 10.6 Å². The van der Waals surface area contributed by atoms with Gasteiger partial charge in [-0.3, -0.25) is 10.1 Å². The molecule has 3 aromatic rings. The third-order valence-corrected chi connectivity index (χ3v) is 4.51. The van der Waals surface area contributed by atoms with E-state index in [1.807, 2.05) is 0 Å². The molecule has 1 aromatic carbocycles. The molecule has 2 N–H and O–H groups in total. The average Bonchev–Trinajstić information content (AvgIpc) is 3.13. The van der Waals surface area contributed by atoms with E-state index >= 15 is 0 Å². The number of anilines is 2. The largest absolute Gasteiger partial charge is 0.366 e. The van der Waals surface area contributed by atoms with Gasteiger partial charge >= 0.3 is 0 Å². The van der Waals surface area contributed by atoms with Crippen LogP contribution in [0.5, 0.6) is 0 Å². The minimum absolute atomic E-state index is 0.151. The Morgan fingerprint density at radius 2 is 1.88 bits per heavy atom. The van der Waals surface area contributed by atoms with Crippen LogP contribution in [0.1, 0.15) is 42.3 Å². The fraction of sp³-hybridized carbons (Fsp3) is 0.263. The first kappa shape index (κ1) is 18.0. The summed E-state index contributed by atoms with van der Waals surface area (Å²) in [6.07, 6.45) is 1.54. The summed E-state index contributed by atoms with van der Waals surface area (Å²) in [5.74, 6) is 0.468. The van der Waals surface area contributed by atoms with Gasteiger partial charge in [-0.25, -0.2) is 4.98 Å². The molecule has 0 fully saturated rings. The van der Waals surface area contributed by atoms with Crippen LogP contribution in [-0.4, -0.2) is 21.1 Å². The topological polar surface area (TPSA) is 79.8 Å². The van der Waals surface area contributed by atoms with Crippen LogP contribution >= 0.6 is 11.3 Å². The normalized spacial score (nSPS) is 11.2. The Morgan fingerprint density at radius 3 is 2.46 bits per heavy atom. The Labute approximate surface area is 156 Å². The number of nitrogens with one attached hydrogen (secondary N) is 2. The second-order valence-electron chi connectivity index (χ2n) is 6.93. The second kappa shape index (κ2) is 7.61. The number of pyridine rings is 1. The second-order valence-corrected chi connectivity index (χ2v) is 7.76. The molecule has 0 spiro atoms. The van der Waals surface area contributed by atoms with Crippen molar-refractivity contribution < 1.29 is 4.79 Å². The number of carbonyl (C=O) groups excluding carboxylic acids is 1. The highest BCUT2D eigenvalue weighted by atomic mass is 32.1. The van der Waals surface area contributed by atoms with Crippen molar-refractivity contribution in [1.82, 2.24) is 15.2 Å². The van der Waals surface area contributed by atoms with Crippen molar-refractivity contribution in [3.05, 3.63) is 64.8 Å². The van der Waals surface area contributed by atoms with Gasteiger partial charge in [0.1, 0.15) is 11.3 Å². The van der Waals surface area contributed by atoms with Gasteiger partial charge < -0.3 is 5.32 Å². The SMILES string of the molecule is CC(C)(C)c1ccc(CNc2ccc(C(=O)Nc3nncs3)cn2)cc1. The van der Waals surface area contributed by atoms with E-state index in [1.54, 1.807) is 23.8 Å². The van der Waals surface area contributed by atoms with Crippen molar-refractivity contribution >= 4 is 28.2 Å². The Hall–Kier alpha value is -2.80. The molecular weight excluding hydrogens is 346 g/mol. The highest BCUT2D eigenvalue weighted by molar-refractivity contribution is 7.13. The third-order valence-electron chi connectivity index (χ3n) is 3.90. The molecule has 0 unspecified atom stereocenters. The number of rotatable bonds is 5. The molecule has 1 amide bonds. The van der Waals surface area contributed by atoms with Crippen LogP contribution in [0.15, 0.2) is 48.1 Å². The Kier molecular flexibility index (Phi) is 5.27. The number of nitrogens with zero attached hydrogens (tertiary/aromatic N) is 3. The van der Waals surface area contributed by atoms with Gasteiger partial charge in [0.05, 0.1) is 5.56 Å². The summed E-state index contributed by atoms with van der Waals surface area (Å²) in [5, 5.41) is 13.9. The Morgan fingerprint density at radius 1 is 1.12 bits per heavy atom. The molecule has 0 aliphatic carbocycles. The minimum atomic E-state index is -0.251. The number of amides is 1. The quantitative estimate of drug-likeness (QED) is 0.710. The van der Waals surface area contributed by atoms with Crippen molar-refractivity contribution in [3.8, 4) is 0 Å². The number of carbonyl (C=O) groups is 1. The van der Waals surface area contributed by atoms with Gasteiger partial charge in [-0.15, -0.1) is 10.2 Å². The minimum Gasteiger partial charge on any atom is -0.366 e. The molecule has 0 aliphatic heterocycles. The zero-order valence-electron chi connectivity index (χ0n) is 15.0. The van der Waals surface area contributed by atoms with E-state index in [0.717, 1.165) is 5.82 Å². The molecule has 3 rings (SSSR count). The lowest BCUT2D eigenvalue weighted by Gasteiger charge is -2.19. The Balaban J connectivity index is 1.56. The first-order valence-electron chi connectivity index (χ1n) is 8.29. The van der Waals surface area contributed by atoms with Crippen LogP contribution in [0.2, 0.25) is 0 Å². The van der Waals surface area contributed by atoms with Crippen LogP contribution in [0.25, 0.3) is 0 Å². The fourth-order valence-electron chi connectivity index (χ4n) is 2.34. The molecule has 0 saturated carbocycles. The van der Waals surface area contributed by atoms with Gasteiger partial charge in [0.2, 0.25) is 5.13 Å². The summed E-state index contributed by atoms with van der Waals surface area (Å²) in [6.45, 7) is 7.28. The average molecular weight is 367 g/mol. The van der Waals surface area contributed by atoms with E-state index in [2.05, 4.69) is 70.9 Å². The molecule has 7 heteroatoms. The molecule has 2 aromatic heterocycles. The summed E-state index contributed by atoms with van der Waals surface area (Å²) in [7, 11) is 0. The summed E-state index contributed by atoms with van der Waals surface area (Å²) in [4.78, 5) is 16.4. The Bertz CT molecular complexity index is 852. The predicted molar refractivity (Wildman–Crippen MR) is 105 cm³/mol. The summed E-state index contributed by atoms with van der Waals surface area (Å²) < 4.78 is 0. The van der Waals surface area contributed by atoms with Crippen molar-refractivity contribution in [3.63, 3.8) is 0 Å². The molecule has 0 atom stereocenters. The number of hydrogen-bond donors (Lipinski definition) is 2. The van der Waals surface area contributed by atoms with Crippen LogP contribution in [0.4, 0.5) is 10.9 Å². The smallest absolute Gasteiger partial charge is 0.259 e. The van der Waals surface area contributed by atoms with E-state index in [-0.39, 0.29) is 11.3 Å². The molecule has 2 heterocycles. The van der Waals surface area contributed by atoms with Crippen molar-refractivity contribution in [2.24, 2.45) is 0 Å². The monoisotopic (exact) mass is 367 g/mol. The van der Waals surface area contributed by atoms with Crippen LogP contribution < -0.4 is 10.6 Å². The standard InChI is InChI=1S/C19H21N5OS/c1-19(2,3)15-7-4-13(5-8-15)10-20-16-9-6-14(11-21-16)17(25)23-18-24-22-12-26-18/h4-9,11-12H,10H2,1-3H3,(H,20,21)(H,23,24,25). The number of hydrogen-bond acceptors (Lipinski definition) is 6.